The molecule has 26 heavy (non-hydrogen) atoms. The molecular formula is C17H22ClN3O4S. The van der Waals surface area contributed by atoms with Crippen molar-refractivity contribution >= 4 is 39.1 Å². The molecule has 0 atom stereocenters. The summed E-state index contributed by atoms with van der Waals surface area (Å²) in [6.07, 6.45) is 2.88. The van der Waals surface area contributed by atoms with Crippen LogP contribution in [0.4, 0.5) is 5.69 Å². The SMILES string of the molecule is O=C(NCC1CCN(S(=O)(=O)C2CC2)CC1)C(=O)Nc1ccccc1Cl. The van der Waals surface area contributed by atoms with E-state index in [2.05, 4.69) is 10.6 Å². The van der Waals surface area contributed by atoms with Crippen LogP contribution >= 0.6 is 11.6 Å². The molecule has 7 nitrogen and oxygen atoms in total. The van der Waals surface area contributed by atoms with Crippen molar-refractivity contribution in [2.24, 2.45) is 5.92 Å². The summed E-state index contributed by atoms with van der Waals surface area (Å²) in [4.78, 5) is 23.9. The zero-order valence-electron chi connectivity index (χ0n) is 14.3. The van der Waals surface area contributed by atoms with Crippen molar-refractivity contribution in [1.29, 1.82) is 0 Å². The molecule has 1 aromatic rings. The molecule has 142 valence electrons. The number of carbonyl (C=O) groups excluding carboxylic acids is 2. The largest absolute Gasteiger partial charge is 0.348 e. The van der Waals surface area contributed by atoms with E-state index in [9.17, 15) is 18.0 Å². The van der Waals surface area contributed by atoms with Crippen molar-refractivity contribution in [1.82, 2.24) is 9.62 Å². The van der Waals surface area contributed by atoms with Crippen LogP contribution in [-0.2, 0) is 19.6 Å². The second-order valence-corrected chi connectivity index (χ2v) is 9.35. The first-order valence-corrected chi connectivity index (χ1v) is 10.6. The molecule has 0 unspecified atom stereocenters. The molecule has 2 N–H and O–H groups in total. The maximum absolute atomic E-state index is 12.2. The molecule has 0 radical (unpaired) electrons. The molecule has 2 fully saturated rings. The molecule has 2 amide bonds. The maximum Gasteiger partial charge on any atom is 0.313 e. The van der Waals surface area contributed by atoms with Crippen molar-refractivity contribution in [3.05, 3.63) is 29.3 Å². The van der Waals surface area contributed by atoms with Crippen LogP contribution in [0.15, 0.2) is 24.3 Å². The van der Waals surface area contributed by atoms with Crippen LogP contribution in [0.1, 0.15) is 25.7 Å². The fraction of sp³-hybridized carbons (Fsp3) is 0.529. The summed E-state index contributed by atoms with van der Waals surface area (Å²) >= 11 is 5.95. The number of anilines is 1. The summed E-state index contributed by atoms with van der Waals surface area (Å²) in [5.41, 5.74) is 0.382. The van der Waals surface area contributed by atoms with Gasteiger partial charge in [-0.2, -0.15) is 0 Å². The monoisotopic (exact) mass is 399 g/mol. The molecule has 1 saturated carbocycles. The standard InChI is InChI=1S/C17H22ClN3O4S/c18-14-3-1-2-4-15(14)20-17(23)16(22)19-11-12-7-9-21(10-8-12)26(24,25)13-5-6-13/h1-4,12-13H,5-11H2,(H,19,22)(H,20,23). The van der Waals surface area contributed by atoms with Crippen molar-refractivity contribution < 1.29 is 18.0 Å². The number of piperidine rings is 1. The number of rotatable bonds is 5. The molecule has 1 aromatic carbocycles. The molecule has 0 aromatic heterocycles. The third kappa shape index (κ3) is 4.55. The molecule has 2 aliphatic rings. The predicted octanol–water partition coefficient (Wildman–Crippen LogP) is 1.60. The predicted molar refractivity (Wildman–Crippen MR) is 99.3 cm³/mol. The number of nitrogens with one attached hydrogen (secondary N) is 2. The quantitative estimate of drug-likeness (QED) is 0.735. The van der Waals surface area contributed by atoms with Gasteiger partial charge in [-0.05, 0) is 43.7 Å². The number of amides is 2. The summed E-state index contributed by atoms with van der Waals surface area (Å²) in [5, 5.41) is 5.26. The Morgan fingerprint density at radius 2 is 1.73 bits per heavy atom. The fourth-order valence-electron chi connectivity index (χ4n) is 3.00. The highest BCUT2D eigenvalue weighted by Crippen LogP contribution is 2.33. The highest BCUT2D eigenvalue weighted by atomic mass is 35.5. The lowest BCUT2D eigenvalue weighted by Crippen LogP contribution is -2.44. The van der Waals surface area contributed by atoms with Crippen LogP contribution in [0, 0.1) is 5.92 Å². The van der Waals surface area contributed by atoms with Gasteiger partial charge in [-0.25, -0.2) is 12.7 Å². The van der Waals surface area contributed by atoms with E-state index in [1.54, 1.807) is 28.6 Å². The number of nitrogens with zero attached hydrogens (tertiary/aromatic N) is 1. The van der Waals surface area contributed by atoms with E-state index in [1.807, 2.05) is 0 Å². The molecular weight excluding hydrogens is 378 g/mol. The Hall–Kier alpha value is -1.64. The summed E-state index contributed by atoms with van der Waals surface area (Å²) in [6, 6.07) is 6.68. The Morgan fingerprint density at radius 1 is 1.08 bits per heavy atom. The Balaban J connectivity index is 1.42. The number of carbonyl (C=O) groups is 2. The van der Waals surface area contributed by atoms with E-state index in [1.165, 1.54) is 0 Å². The van der Waals surface area contributed by atoms with Crippen LogP contribution < -0.4 is 10.6 Å². The number of sulfonamides is 1. The normalized spacial score (nSPS) is 19.1. The zero-order chi connectivity index (χ0) is 18.7. The lowest BCUT2D eigenvalue weighted by molar-refractivity contribution is -0.136. The van der Waals surface area contributed by atoms with E-state index >= 15 is 0 Å². The minimum atomic E-state index is -3.13. The first kappa shape index (κ1) is 19.1. The highest BCUT2D eigenvalue weighted by molar-refractivity contribution is 7.90. The molecule has 1 aliphatic heterocycles. The third-order valence-electron chi connectivity index (χ3n) is 4.76. The van der Waals surface area contributed by atoms with E-state index in [-0.39, 0.29) is 11.2 Å². The van der Waals surface area contributed by atoms with Crippen LogP contribution in [-0.4, -0.2) is 49.4 Å². The molecule has 1 saturated heterocycles. The first-order valence-electron chi connectivity index (χ1n) is 8.70. The molecule has 3 rings (SSSR count). The minimum Gasteiger partial charge on any atom is -0.348 e. The van der Waals surface area contributed by atoms with E-state index in [4.69, 9.17) is 11.6 Å². The van der Waals surface area contributed by atoms with Crippen LogP contribution in [0.3, 0.4) is 0 Å². The van der Waals surface area contributed by atoms with Gasteiger partial charge in [0.25, 0.3) is 0 Å². The van der Waals surface area contributed by atoms with Gasteiger partial charge in [-0.15, -0.1) is 0 Å². The summed E-state index contributed by atoms with van der Waals surface area (Å²) in [7, 11) is -3.13. The second kappa shape index (κ2) is 7.94. The Bertz CT molecular complexity index is 787. The Labute approximate surface area is 158 Å². The average Bonchev–Trinajstić information content (AvgIpc) is 3.47. The van der Waals surface area contributed by atoms with Gasteiger partial charge >= 0.3 is 11.8 Å². The summed E-state index contributed by atoms with van der Waals surface area (Å²) < 4.78 is 26.0. The summed E-state index contributed by atoms with van der Waals surface area (Å²) in [5.74, 6) is -1.33. The molecule has 0 bridgehead atoms. The zero-order valence-corrected chi connectivity index (χ0v) is 15.9. The van der Waals surface area contributed by atoms with Gasteiger partial charge in [0, 0.05) is 19.6 Å². The van der Waals surface area contributed by atoms with E-state index in [0.29, 0.717) is 43.2 Å². The van der Waals surface area contributed by atoms with Crippen LogP contribution in [0.2, 0.25) is 5.02 Å². The van der Waals surface area contributed by atoms with Gasteiger partial charge in [0.15, 0.2) is 0 Å². The lowest BCUT2D eigenvalue weighted by Gasteiger charge is -2.31. The molecule has 0 spiro atoms. The topological polar surface area (TPSA) is 95.6 Å². The van der Waals surface area contributed by atoms with Gasteiger partial charge in [0.05, 0.1) is 16.0 Å². The highest BCUT2D eigenvalue weighted by Gasteiger charge is 2.41. The summed E-state index contributed by atoms with van der Waals surface area (Å²) in [6.45, 7) is 1.31. The van der Waals surface area contributed by atoms with Crippen molar-refractivity contribution in [2.45, 2.75) is 30.9 Å². The smallest absolute Gasteiger partial charge is 0.313 e. The third-order valence-corrected chi connectivity index (χ3v) is 7.49. The molecule has 1 aliphatic carbocycles. The van der Waals surface area contributed by atoms with Crippen LogP contribution in [0.25, 0.3) is 0 Å². The van der Waals surface area contributed by atoms with Gasteiger partial charge in [-0.3, -0.25) is 9.59 Å². The van der Waals surface area contributed by atoms with Gasteiger partial charge in [-0.1, -0.05) is 23.7 Å². The Kier molecular flexibility index (Phi) is 5.84. The minimum absolute atomic E-state index is 0.165. The van der Waals surface area contributed by atoms with E-state index in [0.717, 1.165) is 12.8 Å². The molecule has 1 heterocycles. The van der Waals surface area contributed by atoms with Crippen molar-refractivity contribution in [3.63, 3.8) is 0 Å². The second-order valence-electron chi connectivity index (χ2n) is 6.73. The fourth-order valence-corrected chi connectivity index (χ4v) is 5.06. The molecule has 9 heteroatoms. The van der Waals surface area contributed by atoms with Crippen LogP contribution in [0.5, 0.6) is 0 Å². The van der Waals surface area contributed by atoms with Gasteiger partial charge in [0.1, 0.15) is 0 Å². The van der Waals surface area contributed by atoms with Gasteiger partial charge < -0.3 is 10.6 Å². The number of hydrogen-bond acceptors (Lipinski definition) is 4. The number of para-hydroxylation sites is 1. The number of benzene rings is 1. The van der Waals surface area contributed by atoms with Crippen molar-refractivity contribution in [3.8, 4) is 0 Å². The Morgan fingerprint density at radius 3 is 2.35 bits per heavy atom. The number of halogens is 1. The lowest BCUT2D eigenvalue weighted by atomic mass is 9.98. The number of hydrogen-bond donors (Lipinski definition) is 2. The van der Waals surface area contributed by atoms with E-state index < -0.39 is 21.8 Å². The maximum atomic E-state index is 12.2. The van der Waals surface area contributed by atoms with Crippen molar-refractivity contribution in [2.75, 3.05) is 25.0 Å². The average molecular weight is 400 g/mol. The first-order chi connectivity index (χ1) is 12.4. The van der Waals surface area contributed by atoms with Gasteiger partial charge in [0.2, 0.25) is 10.0 Å².